The van der Waals surface area contributed by atoms with Crippen LogP contribution in [0.15, 0.2) is 30.5 Å². The van der Waals surface area contributed by atoms with Gasteiger partial charge in [-0.25, -0.2) is 14.4 Å². The normalized spacial score (nSPS) is 11.2. The summed E-state index contributed by atoms with van der Waals surface area (Å²) in [5.41, 5.74) is 1.85. The number of aromatic nitrogens is 3. The summed E-state index contributed by atoms with van der Waals surface area (Å²) in [6.45, 7) is 0. The molecule has 3 rings (SSSR count). The van der Waals surface area contributed by atoms with Gasteiger partial charge in [0.2, 0.25) is 0 Å². The van der Waals surface area contributed by atoms with E-state index in [0.717, 1.165) is 0 Å². The smallest absolute Gasteiger partial charge is 0.164 e. The predicted octanol–water partition coefficient (Wildman–Crippen LogP) is 4.61. The highest BCUT2D eigenvalue weighted by atomic mass is 35.5. The van der Waals surface area contributed by atoms with Gasteiger partial charge >= 0.3 is 0 Å². The molecule has 0 aliphatic rings. The summed E-state index contributed by atoms with van der Waals surface area (Å²) >= 11 is 17.6. The van der Waals surface area contributed by atoms with Crippen LogP contribution >= 0.6 is 34.8 Å². The van der Waals surface area contributed by atoms with Crippen molar-refractivity contribution in [3.05, 3.63) is 52.1 Å². The van der Waals surface area contributed by atoms with Gasteiger partial charge in [0.1, 0.15) is 17.2 Å². The molecule has 2 heterocycles. The molecule has 0 aliphatic heterocycles. The predicted molar refractivity (Wildman–Crippen MR) is 78.4 cm³/mol. The Morgan fingerprint density at radius 2 is 2.00 bits per heavy atom. The number of nitrogens with zero attached hydrogens (tertiary/aromatic N) is 3. The first-order valence-corrected chi connectivity index (χ1v) is 6.93. The number of hydrogen-bond acceptors (Lipinski definition) is 2. The number of halogens is 4. The third-order valence-electron chi connectivity index (χ3n) is 2.81. The van der Waals surface area contributed by atoms with Crippen molar-refractivity contribution in [3.63, 3.8) is 0 Å². The van der Waals surface area contributed by atoms with Gasteiger partial charge in [-0.2, -0.15) is 0 Å². The summed E-state index contributed by atoms with van der Waals surface area (Å²) in [7, 11) is 0. The second-order valence-corrected chi connectivity index (χ2v) is 5.20. The Morgan fingerprint density at radius 3 is 2.70 bits per heavy atom. The number of imidazole rings is 1. The third-order valence-corrected chi connectivity index (χ3v) is 3.55. The Morgan fingerprint density at radius 1 is 1.20 bits per heavy atom. The maximum absolute atomic E-state index is 13.3. The lowest BCUT2D eigenvalue weighted by molar-refractivity contribution is 0.628. The van der Waals surface area contributed by atoms with Crippen LogP contribution in [0, 0.1) is 5.82 Å². The Balaban J connectivity index is 2.30. The number of hydrogen-bond donors (Lipinski definition) is 0. The fourth-order valence-electron chi connectivity index (χ4n) is 1.97. The highest BCUT2D eigenvalue weighted by molar-refractivity contribution is 6.31. The molecule has 20 heavy (non-hydrogen) atoms. The SMILES string of the molecule is Fc1ccc(-n2c(CCl)nc3cc(Cl)cnc32)cc1Cl. The fraction of sp³-hybridized carbons (Fsp3) is 0.0769. The van der Waals surface area contributed by atoms with Crippen LogP contribution in [0.5, 0.6) is 0 Å². The summed E-state index contributed by atoms with van der Waals surface area (Å²) in [5, 5.41) is 0.513. The Kier molecular flexibility index (Phi) is 3.54. The van der Waals surface area contributed by atoms with E-state index in [9.17, 15) is 4.39 Å². The van der Waals surface area contributed by atoms with Gasteiger partial charge in [0.15, 0.2) is 5.65 Å². The molecule has 3 nitrogen and oxygen atoms in total. The molecular formula is C13H7Cl3FN3. The maximum Gasteiger partial charge on any atom is 0.164 e. The van der Waals surface area contributed by atoms with E-state index in [2.05, 4.69) is 9.97 Å². The van der Waals surface area contributed by atoms with E-state index in [1.54, 1.807) is 16.7 Å². The molecule has 0 atom stereocenters. The molecule has 0 aliphatic carbocycles. The molecule has 0 radical (unpaired) electrons. The van der Waals surface area contributed by atoms with Gasteiger partial charge in [-0.1, -0.05) is 23.2 Å². The first-order valence-electron chi connectivity index (χ1n) is 5.64. The Labute approximate surface area is 128 Å². The summed E-state index contributed by atoms with van der Waals surface area (Å²) in [5.74, 6) is 0.283. The molecule has 0 N–H and O–H groups in total. The van der Waals surface area contributed by atoms with Crippen molar-refractivity contribution in [2.24, 2.45) is 0 Å². The third kappa shape index (κ3) is 2.24. The van der Waals surface area contributed by atoms with E-state index in [1.807, 2.05) is 0 Å². The molecule has 3 aromatic rings. The minimum atomic E-state index is -0.483. The van der Waals surface area contributed by atoms with Gasteiger partial charge in [-0.15, -0.1) is 11.6 Å². The number of benzene rings is 1. The molecule has 102 valence electrons. The van der Waals surface area contributed by atoms with Crippen LogP contribution in [0.2, 0.25) is 10.0 Å². The van der Waals surface area contributed by atoms with Gasteiger partial charge in [0.25, 0.3) is 0 Å². The van der Waals surface area contributed by atoms with E-state index < -0.39 is 5.82 Å². The molecule has 2 aromatic heterocycles. The van der Waals surface area contributed by atoms with E-state index in [0.29, 0.717) is 27.7 Å². The molecule has 0 fully saturated rings. The Bertz CT molecular complexity index is 801. The van der Waals surface area contributed by atoms with E-state index in [4.69, 9.17) is 34.8 Å². The number of pyridine rings is 1. The van der Waals surface area contributed by atoms with Gasteiger partial charge in [-0.3, -0.25) is 4.57 Å². The second-order valence-electron chi connectivity index (χ2n) is 4.09. The Hall–Kier alpha value is -1.36. The lowest BCUT2D eigenvalue weighted by Crippen LogP contribution is -2.00. The number of fused-ring (bicyclic) bond motifs is 1. The lowest BCUT2D eigenvalue weighted by atomic mass is 10.3. The summed E-state index contributed by atoms with van der Waals surface area (Å²) in [6, 6.07) is 6.08. The first-order chi connectivity index (χ1) is 9.60. The zero-order valence-corrected chi connectivity index (χ0v) is 12.2. The number of rotatable bonds is 2. The molecule has 0 bridgehead atoms. The van der Waals surface area contributed by atoms with Crippen molar-refractivity contribution in [2.45, 2.75) is 5.88 Å². The largest absolute Gasteiger partial charge is 0.280 e. The van der Waals surface area contributed by atoms with Crippen molar-refractivity contribution in [1.29, 1.82) is 0 Å². The molecule has 0 spiro atoms. The summed E-state index contributed by atoms with van der Waals surface area (Å²) in [6.07, 6.45) is 1.52. The van der Waals surface area contributed by atoms with Gasteiger partial charge in [0.05, 0.1) is 21.6 Å². The van der Waals surface area contributed by atoms with Gasteiger partial charge in [-0.05, 0) is 24.3 Å². The second kappa shape index (κ2) is 5.20. The quantitative estimate of drug-likeness (QED) is 0.643. The first kappa shape index (κ1) is 13.6. The monoisotopic (exact) mass is 329 g/mol. The topological polar surface area (TPSA) is 30.7 Å². The van der Waals surface area contributed by atoms with Crippen molar-refractivity contribution in [3.8, 4) is 5.69 Å². The van der Waals surface area contributed by atoms with Crippen molar-refractivity contribution in [1.82, 2.24) is 14.5 Å². The zero-order valence-electron chi connectivity index (χ0n) is 9.95. The van der Waals surface area contributed by atoms with Crippen LogP contribution in [-0.4, -0.2) is 14.5 Å². The molecule has 1 aromatic carbocycles. The van der Waals surface area contributed by atoms with Gasteiger partial charge < -0.3 is 0 Å². The van der Waals surface area contributed by atoms with Gasteiger partial charge in [0, 0.05) is 6.20 Å². The molecule has 0 amide bonds. The van der Waals surface area contributed by atoms with E-state index in [1.165, 1.54) is 18.3 Å². The highest BCUT2D eigenvalue weighted by Gasteiger charge is 2.14. The molecule has 0 saturated heterocycles. The van der Waals surface area contributed by atoms with Crippen LogP contribution < -0.4 is 0 Å². The molecule has 0 saturated carbocycles. The summed E-state index contributed by atoms with van der Waals surface area (Å²) < 4.78 is 15.0. The fourth-order valence-corrected chi connectivity index (χ4v) is 2.48. The highest BCUT2D eigenvalue weighted by Crippen LogP contribution is 2.25. The average molecular weight is 331 g/mol. The van der Waals surface area contributed by atoms with Crippen LogP contribution in [0.1, 0.15) is 5.82 Å². The molecule has 0 unspecified atom stereocenters. The van der Waals surface area contributed by atoms with E-state index >= 15 is 0 Å². The van der Waals surface area contributed by atoms with Crippen LogP contribution in [-0.2, 0) is 5.88 Å². The average Bonchev–Trinajstić information content (AvgIpc) is 2.79. The van der Waals surface area contributed by atoms with Crippen molar-refractivity contribution in [2.75, 3.05) is 0 Å². The van der Waals surface area contributed by atoms with Crippen LogP contribution in [0.4, 0.5) is 4.39 Å². The van der Waals surface area contributed by atoms with Crippen LogP contribution in [0.3, 0.4) is 0 Å². The standard InChI is InChI=1S/C13H7Cl3FN3/c14-5-12-19-11-3-7(15)6-18-13(11)20(12)8-1-2-10(17)9(16)4-8/h1-4,6H,5H2. The van der Waals surface area contributed by atoms with Crippen molar-refractivity contribution >= 4 is 46.0 Å². The molecular weight excluding hydrogens is 324 g/mol. The number of alkyl halides is 1. The molecule has 7 heteroatoms. The minimum Gasteiger partial charge on any atom is -0.280 e. The summed E-state index contributed by atoms with van der Waals surface area (Å²) in [4.78, 5) is 8.62. The zero-order chi connectivity index (χ0) is 14.3. The lowest BCUT2D eigenvalue weighted by Gasteiger charge is -2.07. The van der Waals surface area contributed by atoms with Crippen molar-refractivity contribution < 1.29 is 4.39 Å². The van der Waals surface area contributed by atoms with E-state index in [-0.39, 0.29) is 10.9 Å². The van der Waals surface area contributed by atoms with Crippen LogP contribution in [0.25, 0.3) is 16.9 Å². The minimum absolute atomic E-state index is 0.0267. The maximum atomic E-state index is 13.3.